The molecule has 0 aromatic heterocycles. The van der Waals surface area contributed by atoms with Crippen LogP contribution >= 0.6 is 0 Å². The summed E-state index contributed by atoms with van der Waals surface area (Å²) in [6.45, 7) is 11.8. The third-order valence-electron chi connectivity index (χ3n) is 2.57. The van der Waals surface area contributed by atoms with Crippen molar-refractivity contribution in [1.29, 1.82) is 0 Å². The molecule has 14 heavy (non-hydrogen) atoms. The van der Waals surface area contributed by atoms with Crippen LogP contribution in [-0.2, 0) is 4.74 Å². The third kappa shape index (κ3) is 6.39. The average Bonchev–Trinajstić information content (AvgIpc) is 2.03. The molecule has 0 aliphatic carbocycles. The van der Waals surface area contributed by atoms with Gasteiger partial charge in [-0.1, -0.05) is 20.8 Å². The second-order valence-corrected chi connectivity index (χ2v) is 5.15. The lowest BCUT2D eigenvalue weighted by Crippen LogP contribution is -2.38. The van der Waals surface area contributed by atoms with Crippen molar-refractivity contribution in [2.24, 2.45) is 5.41 Å². The highest BCUT2D eigenvalue weighted by Crippen LogP contribution is 2.22. The Kier molecular flexibility index (Phi) is 6.38. The second-order valence-electron chi connectivity index (χ2n) is 5.15. The van der Waals surface area contributed by atoms with E-state index in [9.17, 15) is 0 Å². The van der Waals surface area contributed by atoms with Crippen molar-refractivity contribution >= 4 is 0 Å². The second kappa shape index (κ2) is 6.41. The fourth-order valence-electron chi connectivity index (χ4n) is 1.58. The van der Waals surface area contributed by atoms with Gasteiger partial charge in [0.15, 0.2) is 0 Å². The van der Waals surface area contributed by atoms with Crippen molar-refractivity contribution in [2.75, 3.05) is 13.7 Å². The van der Waals surface area contributed by atoms with E-state index in [1.165, 1.54) is 12.8 Å². The molecule has 0 aromatic rings. The number of rotatable bonds is 6. The van der Waals surface area contributed by atoms with Crippen molar-refractivity contribution in [2.45, 2.75) is 59.6 Å². The third-order valence-corrected chi connectivity index (χ3v) is 2.57. The molecule has 2 unspecified atom stereocenters. The van der Waals surface area contributed by atoms with Crippen LogP contribution in [0.3, 0.4) is 0 Å². The van der Waals surface area contributed by atoms with Gasteiger partial charge >= 0.3 is 0 Å². The molecule has 0 aliphatic rings. The molecule has 0 aliphatic heterocycles. The Morgan fingerprint density at radius 3 is 2.21 bits per heavy atom. The van der Waals surface area contributed by atoms with E-state index in [1.54, 1.807) is 0 Å². The van der Waals surface area contributed by atoms with Crippen molar-refractivity contribution in [3.8, 4) is 0 Å². The minimum absolute atomic E-state index is 0.312. The Hall–Kier alpha value is -0.0800. The van der Waals surface area contributed by atoms with E-state index < -0.39 is 0 Å². The molecule has 2 atom stereocenters. The number of hydrogen-bond acceptors (Lipinski definition) is 2. The predicted octanol–water partition coefficient (Wildman–Crippen LogP) is 2.83. The van der Waals surface area contributed by atoms with Gasteiger partial charge in [0.1, 0.15) is 0 Å². The summed E-state index contributed by atoms with van der Waals surface area (Å²) in [5.41, 5.74) is 0.418. The van der Waals surface area contributed by atoms with Crippen molar-refractivity contribution in [1.82, 2.24) is 5.32 Å². The Morgan fingerprint density at radius 2 is 1.86 bits per heavy atom. The zero-order valence-electron chi connectivity index (χ0n) is 10.7. The molecule has 2 nitrogen and oxygen atoms in total. The van der Waals surface area contributed by atoms with Crippen LogP contribution in [0.2, 0.25) is 0 Å². The lowest BCUT2D eigenvalue weighted by atomic mass is 9.88. The molecule has 86 valence electrons. The molecule has 0 rings (SSSR count). The summed E-state index contributed by atoms with van der Waals surface area (Å²) in [5.74, 6) is 0. The normalized spacial score (nSPS) is 16.7. The van der Waals surface area contributed by atoms with Gasteiger partial charge < -0.3 is 10.1 Å². The summed E-state index contributed by atoms with van der Waals surface area (Å²) >= 11 is 0. The minimum Gasteiger partial charge on any atom is -0.377 e. The van der Waals surface area contributed by atoms with Crippen LogP contribution in [0.1, 0.15) is 47.5 Å². The molecular formula is C12H27NO. The smallest absolute Gasteiger partial charge is 0.0699 e. The first kappa shape index (κ1) is 13.9. The summed E-state index contributed by atoms with van der Waals surface area (Å²) < 4.78 is 5.60. The molecule has 0 saturated carbocycles. The molecule has 0 heterocycles. The standard InChI is InChI=1S/C12H27NO/c1-7-14-10(2)11(13-6)8-9-12(3,4)5/h10-11,13H,7-9H2,1-6H3. The molecule has 0 fully saturated rings. The number of hydrogen-bond donors (Lipinski definition) is 1. The largest absolute Gasteiger partial charge is 0.377 e. The maximum atomic E-state index is 5.60. The Labute approximate surface area is 89.4 Å². The highest BCUT2D eigenvalue weighted by Gasteiger charge is 2.18. The van der Waals surface area contributed by atoms with E-state index in [1.807, 2.05) is 14.0 Å². The maximum Gasteiger partial charge on any atom is 0.0699 e. The van der Waals surface area contributed by atoms with Gasteiger partial charge in [0.2, 0.25) is 0 Å². The molecule has 0 amide bonds. The van der Waals surface area contributed by atoms with Gasteiger partial charge in [0.25, 0.3) is 0 Å². The zero-order chi connectivity index (χ0) is 11.2. The highest BCUT2D eigenvalue weighted by atomic mass is 16.5. The predicted molar refractivity (Wildman–Crippen MR) is 62.6 cm³/mol. The van der Waals surface area contributed by atoms with Gasteiger partial charge in [-0.25, -0.2) is 0 Å². The Bertz CT molecular complexity index is 140. The van der Waals surface area contributed by atoms with Crippen LogP contribution in [-0.4, -0.2) is 25.8 Å². The minimum atomic E-state index is 0.312. The fourth-order valence-corrected chi connectivity index (χ4v) is 1.58. The van der Waals surface area contributed by atoms with Crippen LogP contribution in [0.15, 0.2) is 0 Å². The maximum absolute atomic E-state index is 5.60. The van der Waals surface area contributed by atoms with Gasteiger partial charge in [-0.2, -0.15) is 0 Å². The molecular weight excluding hydrogens is 174 g/mol. The Morgan fingerprint density at radius 1 is 1.29 bits per heavy atom. The topological polar surface area (TPSA) is 21.3 Å². The number of nitrogens with one attached hydrogen (secondary N) is 1. The van der Waals surface area contributed by atoms with Gasteiger partial charge in [-0.05, 0) is 39.2 Å². The highest BCUT2D eigenvalue weighted by molar-refractivity contribution is 4.75. The monoisotopic (exact) mass is 201 g/mol. The molecule has 0 aromatic carbocycles. The van der Waals surface area contributed by atoms with Crippen molar-refractivity contribution < 1.29 is 4.74 Å². The number of ether oxygens (including phenoxy) is 1. The molecule has 0 bridgehead atoms. The van der Waals surface area contributed by atoms with Gasteiger partial charge in [0.05, 0.1) is 6.10 Å². The van der Waals surface area contributed by atoms with Crippen LogP contribution in [0.4, 0.5) is 0 Å². The summed E-state index contributed by atoms with van der Waals surface area (Å²) in [4.78, 5) is 0. The zero-order valence-corrected chi connectivity index (χ0v) is 10.7. The van der Waals surface area contributed by atoms with E-state index >= 15 is 0 Å². The van der Waals surface area contributed by atoms with Gasteiger partial charge in [0, 0.05) is 12.6 Å². The summed E-state index contributed by atoms with van der Waals surface area (Å²) in [5, 5.41) is 3.33. The van der Waals surface area contributed by atoms with Crippen LogP contribution in [0.25, 0.3) is 0 Å². The van der Waals surface area contributed by atoms with E-state index in [4.69, 9.17) is 4.74 Å². The fraction of sp³-hybridized carbons (Fsp3) is 1.00. The van der Waals surface area contributed by atoms with Crippen LogP contribution < -0.4 is 5.32 Å². The summed E-state index contributed by atoms with van der Waals surface area (Å²) in [6, 6.07) is 0.481. The molecule has 2 heteroatoms. The lowest BCUT2D eigenvalue weighted by Gasteiger charge is -2.27. The van der Waals surface area contributed by atoms with E-state index in [-0.39, 0.29) is 0 Å². The summed E-state index contributed by atoms with van der Waals surface area (Å²) in [6.07, 6.45) is 2.73. The quantitative estimate of drug-likeness (QED) is 0.713. The van der Waals surface area contributed by atoms with E-state index in [2.05, 4.69) is 33.0 Å². The van der Waals surface area contributed by atoms with Gasteiger partial charge in [-0.15, -0.1) is 0 Å². The van der Waals surface area contributed by atoms with E-state index in [0.29, 0.717) is 17.6 Å². The number of likely N-dealkylation sites (N-methyl/N-ethyl adjacent to an activating group) is 1. The molecule has 0 radical (unpaired) electrons. The SMILES string of the molecule is CCOC(C)C(CCC(C)(C)C)NC. The van der Waals surface area contributed by atoms with Crippen molar-refractivity contribution in [3.05, 3.63) is 0 Å². The van der Waals surface area contributed by atoms with Crippen molar-refractivity contribution in [3.63, 3.8) is 0 Å². The lowest BCUT2D eigenvalue weighted by molar-refractivity contribution is 0.0443. The first-order chi connectivity index (χ1) is 6.40. The van der Waals surface area contributed by atoms with Crippen LogP contribution in [0.5, 0.6) is 0 Å². The average molecular weight is 201 g/mol. The molecule has 0 spiro atoms. The first-order valence-electron chi connectivity index (χ1n) is 5.69. The van der Waals surface area contributed by atoms with Gasteiger partial charge in [-0.3, -0.25) is 0 Å². The molecule has 0 saturated heterocycles. The first-order valence-corrected chi connectivity index (χ1v) is 5.69. The molecule has 1 N–H and O–H groups in total. The van der Waals surface area contributed by atoms with Crippen LogP contribution in [0, 0.1) is 5.41 Å². The van der Waals surface area contributed by atoms with E-state index in [0.717, 1.165) is 6.61 Å². The Balaban J connectivity index is 3.90. The summed E-state index contributed by atoms with van der Waals surface area (Å²) in [7, 11) is 2.02.